The van der Waals surface area contributed by atoms with Crippen LogP contribution in [0.1, 0.15) is 65.1 Å². The van der Waals surface area contributed by atoms with E-state index in [0.717, 1.165) is 61.0 Å². The average molecular weight is 481 g/mol. The Labute approximate surface area is 201 Å². The molecule has 0 spiro atoms. The maximum absolute atomic E-state index is 13.2. The summed E-state index contributed by atoms with van der Waals surface area (Å²) in [6.45, 7) is 6.53. The lowest BCUT2D eigenvalue weighted by Gasteiger charge is -2.31. The normalized spacial score (nSPS) is 18.5. The highest BCUT2D eigenvalue weighted by Gasteiger charge is 2.30. The van der Waals surface area contributed by atoms with Gasteiger partial charge in [-0.05, 0) is 92.8 Å². The van der Waals surface area contributed by atoms with Gasteiger partial charge in [0, 0.05) is 32.4 Å². The highest BCUT2D eigenvalue weighted by atomic mass is 32.2. The van der Waals surface area contributed by atoms with Crippen LogP contribution < -0.4 is 0 Å². The summed E-state index contributed by atoms with van der Waals surface area (Å²) >= 11 is 0. The van der Waals surface area contributed by atoms with Crippen molar-refractivity contribution in [2.75, 3.05) is 26.2 Å². The molecule has 0 atom stereocenters. The monoisotopic (exact) mass is 480 g/mol. The van der Waals surface area contributed by atoms with E-state index in [1.54, 1.807) is 27.2 Å². The van der Waals surface area contributed by atoms with Crippen LogP contribution in [0.4, 0.5) is 0 Å². The fraction of sp³-hybridized carbons (Fsp3) is 0.462. The quantitative estimate of drug-likeness (QED) is 0.562. The van der Waals surface area contributed by atoms with Gasteiger partial charge in [0.2, 0.25) is 10.0 Å². The number of piperidine rings is 2. The molecule has 0 saturated carbocycles. The van der Waals surface area contributed by atoms with Crippen LogP contribution in [0.15, 0.2) is 47.6 Å². The third-order valence-electron chi connectivity index (χ3n) is 7.46. The average Bonchev–Trinajstić information content (AvgIpc) is 3.29. The van der Waals surface area contributed by atoms with Gasteiger partial charge >= 0.3 is 0 Å². The number of carbonyl (C=O) groups is 1. The fourth-order valence-electron chi connectivity index (χ4n) is 5.14. The molecule has 180 valence electrons. The lowest BCUT2D eigenvalue weighted by atomic mass is 9.90. The second-order valence-electron chi connectivity index (χ2n) is 9.63. The van der Waals surface area contributed by atoms with E-state index in [1.807, 2.05) is 37.1 Å². The molecular formula is C26H32N4O3S. The molecule has 8 heteroatoms. The van der Waals surface area contributed by atoms with Crippen LogP contribution in [0.5, 0.6) is 0 Å². The Hall–Kier alpha value is -2.71. The summed E-state index contributed by atoms with van der Waals surface area (Å²) in [5.41, 5.74) is 4.70. The Morgan fingerprint density at radius 1 is 0.941 bits per heavy atom. The maximum Gasteiger partial charge on any atom is 0.257 e. The SMILES string of the molecule is Cc1ccc(S(=O)(=O)N2CCC(c3ccn4ncc(C(=O)N5CCCCC5)c4c3)CC2)cc1C. The molecule has 34 heavy (non-hydrogen) atoms. The van der Waals surface area contributed by atoms with Gasteiger partial charge in [0.1, 0.15) is 0 Å². The van der Waals surface area contributed by atoms with E-state index in [0.29, 0.717) is 23.5 Å². The van der Waals surface area contributed by atoms with Crippen LogP contribution in [0.2, 0.25) is 0 Å². The van der Waals surface area contributed by atoms with E-state index >= 15 is 0 Å². The van der Waals surface area contributed by atoms with Gasteiger partial charge < -0.3 is 4.90 Å². The number of aromatic nitrogens is 2. The number of hydrogen-bond acceptors (Lipinski definition) is 4. The van der Waals surface area contributed by atoms with Crippen molar-refractivity contribution in [2.24, 2.45) is 0 Å². The molecule has 5 rings (SSSR count). The standard InChI is InChI=1S/C26H32N4O3S/c1-19-6-7-23(16-20(19)2)34(32,33)29-13-8-21(9-14-29)22-10-15-30-25(17-22)24(18-27-30)26(31)28-11-4-3-5-12-28/h6-7,10,15-18,21H,3-5,8-9,11-14H2,1-2H3. The van der Waals surface area contributed by atoms with Gasteiger partial charge in [-0.25, -0.2) is 12.9 Å². The predicted octanol–water partition coefficient (Wildman–Crippen LogP) is 4.15. The van der Waals surface area contributed by atoms with Gasteiger partial charge in [-0.15, -0.1) is 0 Å². The predicted molar refractivity (Wildman–Crippen MR) is 132 cm³/mol. The number of benzene rings is 1. The minimum Gasteiger partial charge on any atom is -0.339 e. The number of likely N-dealkylation sites (tertiary alicyclic amines) is 1. The molecule has 0 unspecified atom stereocenters. The number of carbonyl (C=O) groups excluding carboxylic acids is 1. The Bertz CT molecular complexity index is 1320. The second-order valence-corrected chi connectivity index (χ2v) is 11.6. The molecule has 3 aromatic rings. The number of sulfonamides is 1. The smallest absolute Gasteiger partial charge is 0.257 e. The van der Waals surface area contributed by atoms with Gasteiger partial charge in [-0.2, -0.15) is 9.40 Å². The minimum atomic E-state index is -3.49. The van der Waals surface area contributed by atoms with E-state index in [4.69, 9.17) is 0 Å². The summed E-state index contributed by atoms with van der Waals surface area (Å²) in [6, 6.07) is 9.47. The van der Waals surface area contributed by atoms with Gasteiger partial charge in [-0.3, -0.25) is 4.79 Å². The molecule has 0 radical (unpaired) electrons. The summed E-state index contributed by atoms with van der Waals surface area (Å²) in [7, 11) is -3.49. The van der Waals surface area contributed by atoms with Crippen LogP contribution in [-0.2, 0) is 10.0 Å². The zero-order valence-electron chi connectivity index (χ0n) is 19.9. The van der Waals surface area contributed by atoms with Crippen molar-refractivity contribution >= 4 is 21.4 Å². The van der Waals surface area contributed by atoms with Crippen molar-refractivity contribution in [3.05, 3.63) is 65.0 Å². The molecular weight excluding hydrogens is 448 g/mol. The van der Waals surface area contributed by atoms with E-state index < -0.39 is 10.0 Å². The molecule has 7 nitrogen and oxygen atoms in total. The lowest BCUT2D eigenvalue weighted by molar-refractivity contribution is 0.0726. The first-order valence-electron chi connectivity index (χ1n) is 12.2. The van der Waals surface area contributed by atoms with Crippen molar-refractivity contribution in [3.63, 3.8) is 0 Å². The van der Waals surface area contributed by atoms with Crippen LogP contribution >= 0.6 is 0 Å². The van der Waals surface area contributed by atoms with E-state index in [1.165, 1.54) is 6.42 Å². The van der Waals surface area contributed by atoms with Gasteiger partial charge in [0.05, 0.1) is 22.2 Å². The number of nitrogens with zero attached hydrogens (tertiary/aromatic N) is 4. The van der Waals surface area contributed by atoms with Crippen LogP contribution in [0.3, 0.4) is 0 Å². The highest BCUT2D eigenvalue weighted by molar-refractivity contribution is 7.89. The Morgan fingerprint density at radius 2 is 1.68 bits per heavy atom. The van der Waals surface area contributed by atoms with E-state index in [-0.39, 0.29) is 11.8 Å². The summed E-state index contributed by atoms with van der Waals surface area (Å²) < 4.78 is 29.7. The van der Waals surface area contributed by atoms with Gasteiger partial charge in [0.25, 0.3) is 5.91 Å². The molecule has 2 aromatic heterocycles. The zero-order valence-corrected chi connectivity index (χ0v) is 20.7. The van der Waals surface area contributed by atoms with E-state index in [9.17, 15) is 13.2 Å². The van der Waals surface area contributed by atoms with Crippen LogP contribution in [0.25, 0.3) is 5.52 Å². The fourth-order valence-corrected chi connectivity index (χ4v) is 6.69. The first-order chi connectivity index (χ1) is 16.3. The molecule has 0 aliphatic carbocycles. The highest BCUT2D eigenvalue weighted by Crippen LogP contribution is 2.32. The number of aryl methyl sites for hydroxylation is 2. The van der Waals surface area contributed by atoms with Crippen LogP contribution in [0, 0.1) is 13.8 Å². The number of fused-ring (bicyclic) bond motifs is 1. The van der Waals surface area contributed by atoms with E-state index in [2.05, 4.69) is 11.2 Å². The Morgan fingerprint density at radius 3 is 2.38 bits per heavy atom. The molecule has 0 N–H and O–H groups in total. The third kappa shape index (κ3) is 4.25. The third-order valence-corrected chi connectivity index (χ3v) is 9.36. The van der Waals surface area contributed by atoms with Crippen molar-refractivity contribution in [1.82, 2.24) is 18.8 Å². The second kappa shape index (κ2) is 9.15. The molecule has 2 aliphatic heterocycles. The summed E-state index contributed by atoms with van der Waals surface area (Å²) in [5.74, 6) is 0.310. The lowest BCUT2D eigenvalue weighted by Crippen LogP contribution is -2.38. The van der Waals surface area contributed by atoms with Crippen molar-refractivity contribution in [2.45, 2.75) is 56.8 Å². The Kier molecular flexibility index (Phi) is 6.20. The molecule has 2 saturated heterocycles. The molecule has 2 aliphatic rings. The van der Waals surface area contributed by atoms with Gasteiger partial charge in [0.15, 0.2) is 0 Å². The molecule has 4 heterocycles. The van der Waals surface area contributed by atoms with Gasteiger partial charge in [-0.1, -0.05) is 6.07 Å². The number of pyridine rings is 1. The summed E-state index contributed by atoms with van der Waals surface area (Å²) in [6.07, 6.45) is 8.39. The zero-order chi connectivity index (χ0) is 23.9. The molecule has 1 aromatic carbocycles. The summed E-state index contributed by atoms with van der Waals surface area (Å²) in [4.78, 5) is 15.4. The summed E-state index contributed by atoms with van der Waals surface area (Å²) in [5, 5.41) is 4.39. The van der Waals surface area contributed by atoms with Crippen molar-refractivity contribution in [1.29, 1.82) is 0 Å². The maximum atomic E-state index is 13.2. The molecule has 1 amide bonds. The minimum absolute atomic E-state index is 0.0566. The first-order valence-corrected chi connectivity index (χ1v) is 13.6. The number of hydrogen-bond donors (Lipinski definition) is 0. The largest absolute Gasteiger partial charge is 0.339 e. The first kappa shape index (κ1) is 23.1. The Balaban J connectivity index is 1.32. The number of amides is 1. The number of rotatable bonds is 4. The van der Waals surface area contributed by atoms with Crippen molar-refractivity contribution < 1.29 is 13.2 Å². The van der Waals surface area contributed by atoms with Crippen LogP contribution in [-0.4, -0.2) is 59.3 Å². The topological polar surface area (TPSA) is 75.0 Å². The molecule has 2 fully saturated rings. The molecule has 0 bridgehead atoms. The van der Waals surface area contributed by atoms with Crippen molar-refractivity contribution in [3.8, 4) is 0 Å².